The first kappa shape index (κ1) is 24.8. The summed E-state index contributed by atoms with van der Waals surface area (Å²) in [4.78, 5) is 24.1. The first-order valence-corrected chi connectivity index (χ1v) is 12.7. The first-order valence-electron chi connectivity index (χ1n) is 11.7. The zero-order valence-electron chi connectivity index (χ0n) is 20.2. The van der Waals surface area contributed by atoms with Crippen LogP contribution in [0.4, 0.5) is 5.69 Å². The number of carbonyl (C=O) groups excluding carboxylic acids is 2. The maximum Gasteiger partial charge on any atom is 0.234 e. The molecule has 1 fully saturated rings. The van der Waals surface area contributed by atoms with Gasteiger partial charge in [0.05, 0.1) is 20.0 Å². The predicted octanol–water partition coefficient (Wildman–Crippen LogP) is 5.40. The molecule has 1 aliphatic rings. The minimum Gasteiger partial charge on any atom is -0.493 e. The summed E-state index contributed by atoms with van der Waals surface area (Å²) >= 11 is 1.38. The SMILES string of the molecule is COc1ccc(-c2nnc(SCC(=O)Nc3ccc(C(C)=O)cc3)n2C2CCCCC2)cc1OC. The topological polar surface area (TPSA) is 95.3 Å². The molecule has 9 heteroatoms. The lowest BCUT2D eigenvalue weighted by Crippen LogP contribution is -2.17. The zero-order valence-corrected chi connectivity index (χ0v) is 21.1. The fraction of sp³-hybridized carbons (Fsp3) is 0.385. The van der Waals surface area contributed by atoms with E-state index in [-0.39, 0.29) is 23.5 Å². The highest BCUT2D eigenvalue weighted by molar-refractivity contribution is 7.99. The molecule has 1 N–H and O–H groups in total. The van der Waals surface area contributed by atoms with Crippen LogP contribution in [-0.4, -0.2) is 46.4 Å². The maximum absolute atomic E-state index is 12.6. The van der Waals surface area contributed by atoms with Crippen molar-refractivity contribution in [3.8, 4) is 22.9 Å². The van der Waals surface area contributed by atoms with Crippen molar-refractivity contribution in [2.45, 2.75) is 50.2 Å². The number of ketones is 1. The van der Waals surface area contributed by atoms with Crippen molar-refractivity contribution >= 4 is 29.1 Å². The highest BCUT2D eigenvalue weighted by Crippen LogP contribution is 2.38. The third-order valence-electron chi connectivity index (χ3n) is 6.15. The number of ether oxygens (including phenoxy) is 2. The molecule has 0 atom stereocenters. The van der Waals surface area contributed by atoms with Crippen LogP contribution < -0.4 is 14.8 Å². The number of rotatable bonds is 9. The standard InChI is InChI=1S/C26H30N4O4S/c1-17(31)18-9-12-20(13-10-18)27-24(32)16-35-26-29-28-25(30(26)21-7-5-4-6-8-21)19-11-14-22(33-2)23(15-19)34-3/h9-15,21H,4-8,16H2,1-3H3,(H,27,32). The highest BCUT2D eigenvalue weighted by Gasteiger charge is 2.25. The van der Waals surface area contributed by atoms with Crippen LogP contribution in [0.2, 0.25) is 0 Å². The molecule has 8 nitrogen and oxygen atoms in total. The maximum atomic E-state index is 12.6. The number of nitrogens with one attached hydrogen (secondary N) is 1. The fourth-order valence-corrected chi connectivity index (χ4v) is 5.14. The molecular formula is C26H30N4O4S. The van der Waals surface area contributed by atoms with Gasteiger partial charge in [0.25, 0.3) is 0 Å². The number of hydrogen-bond acceptors (Lipinski definition) is 7. The first-order chi connectivity index (χ1) is 17.0. The van der Waals surface area contributed by atoms with E-state index in [1.807, 2.05) is 18.2 Å². The molecule has 1 aliphatic carbocycles. The normalized spacial score (nSPS) is 13.9. The molecule has 0 radical (unpaired) electrons. The number of thioether (sulfide) groups is 1. The summed E-state index contributed by atoms with van der Waals surface area (Å²) < 4.78 is 13.0. The number of benzene rings is 2. The van der Waals surface area contributed by atoms with Gasteiger partial charge in [-0.15, -0.1) is 10.2 Å². The van der Waals surface area contributed by atoms with Crippen LogP contribution in [0, 0.1) is 0 Å². The van der Waals surface area contributed by atoms with Crippen LogP contribution in [0.25, 0.3) is 11.4 Å². The van der Waals surface area contributed by atoms with Crippen LogP contribution in [0.1, 0.15) is 55.4 Å². The van der Waals surface area contributed by atoms with Crippen molar-refractivity contribution in [1.82, 2.24) is 14.8 Å². The van der Waals surface area contributed by atoms with Crippen LogP contribution in [0.15, 0.2) is 47.6 Å². The smallest absolute Gasteiger partial charge is 0.234 e. The average molecular weight is 495 g/mol. The predicted molar refractivity (Wildman–Crippen MR) is 136 cm³/mol. The van der Waals surface area contributed by atoms with Crippen LogP contribution in [0.3, 0.4) is 0 Å². The molecule has 184 valence electrons. The summed E-state index contributed by atoms with van der Waals surface area (Å²) in [5.74, 6) is 2.10. The molecule has 3 aromatic rings. The van der Waals surface area contributed by atoms with E-state index < -0.39 is 0 Å². The minimum absolute atomic E-state index is 0.00855. The summed E-state index contributed by atoms with van der Waals surface area (Å²) in [7, 11) is 3.22. The number of amides is 1. The molecule has 2 aromatic carbocycles. The van der Waals surface area contributed by atoms with E-state index in [0.29, 0.717) is 22.7 Å². The number of aromatic nitrogens is 3. The van der Waals surface area contributed by atoms with Crippen molar-refractivity contribution in [1.29, 1.82) is 0 Å². The van der Waals surface area contributed by atoms with E-state index in [1.54, 1.807) is 38.5 Å². The molecule has 35 heavy (non-hydrogen) atoms. The molecule has 0 spiro atoms. The molecule has 0 saturated heterocycles. The van der Waals surface area contributed by atoms with Crippen molar-refractivity contribution < 1.29 is 19.1 Å². The molecule has 1 saturated carbocycles. The fourth-order valence-electron chi connectivity index (χ4n) is 4.33. The van der Waals surface area contributed by atoms with Gasteiger partial charge < -0.3 is 14.8 Å². The Labute approximate surface area is 209 Å². The average Bonchev–Trinajstić information content (AvgIpc) is 3.32. The lowest BCUT2D eigenvalue weighted by Gasteiger charge is -2.25. The van der Waals surface area contributed by atoms with Gasteiger partial charge in [0, 0.05) is 22.9 Å². The number of hydrogen-bond donors (Lipinski definition) is 1. The Morgan fingerprint density at radius 2 is 1.71 bits per heavy atom. The lowest BCUT2D eigenvalue weighted by atomic mass is 9.95. The number of methoxy groups -OCH3 is 2. The molecule has 0 unspecified atom stereocenters. The molecule has 4 rings (SSSR count). The molecule has 1 amide bonds. The molecule has 0 aliphatic heterocycles. The summed E-state index contributed by atoms with van der Waals surface area (Å²) in [6.45, 7) is 1.52. The van der Waals surface area contributed by atoms with Crippen LogP contribution in [0.5, 0.6) is 11.5 Å². The third-order valence-corrected chi connectivity index (χ3v) is 7.10. The molecular weight excluding hydrogens is 464 g/mol. The second kappa shape index (κ2) is 11.4. The Kier molecular flexibility index (Phi) is 8.07. The van der Waals surface area contributed by atoms with Gasteiger partial charge in [-0.3, -0.25) is 14.2 Å². The van der Waals surface area contributed by atoms with Gasteiger partial charge in [0.2, 0.25) is 5.91 Å². The Morgan fingerprint density at radius 1 is 1.00 bits per heavy atom. The number of carbonyl (C=O) groups is 2. The van der Waals surface area contributed by atoms with Gasteiger partial charge in [-0.1, -0.05) is 31.0 Å². The second-order valence-corrected chi connectivity index (χ2v) is 9.45. The van der Waals surface area contributed by atoms with E-state index in [4.69, 9.17) is 9.47 Å². The van der Waals surface area contributed by atoms with Crippen molar-refractivity contribution in [3.63, 3.8) is 0 Å². The Morgan fingerprint density at radius 3 is 2.37 bits per heavy atom. The van der Waals surface area contributed by atoms with E-state index in [0.717, 1.165) is 42.2 Å². The quantitative estimate of drug-likeness (QED) is 0.314. The van der Waals surface area contributed by atoms with Crippen molar-refractivity contribution in [2.24, 2.45) is 0 Å². The van der Waals surface area contributed by atoms with Crippen molar-refractivity contribution in [3.05, 3.63) is 48.0 Å². The molecule has 1 heterocycles. The monoisotopic (exact) mass is 494 g/mol. The van der Waals surface area contributed by atoms with Crippen molar-refractivity contribution in [2.75, 3.05) is 25.3 Å². The van der Waals surface area contributed by atoms with Gasteiger partial charge in [0.1, 0.15) is 0 Å². The van der Waals surface area contributed by atoms with E-state index >= 15 is 0 Å². The third kappa shape index (κ3) is 5.85. The number of nitrogens with zero attached hydrogens (tertiary/aromatic N) is 3. The largest absolute Gasteiger partial charge is 0.493 e. The van der Waals surface area contributed by atoms with Gasteiger partial charge in [-0.2, -0.15) is 0 Å². The van der Waals surface area contributed by atoms with E-state index in [9.17, 15) is 9.59 Å². The minimum atomic E-state index is -0.142. The van der Waals surface area contributed by atoms with Gasteiger partial charge in [0.15, 0.2) is 28.3 Å². The summed E-state index contributed by atoms with van der Waals surface area (Å²) in [6, 6.07) is 12.9. The Bertz CT molecular complexity index is 1190. The Balaban J connectivity index is 1.54. The zero-order chi connectivity index (χ0) is 24.8. The van der Waals surface area contributed by atoms with Gasteiger partial charge >= 0.3 is 0 Å². The number of Topliss-reactive ketones (excluding diaryl/α,β-unsaturated/α-hetero) is 1. The van der Waals surface area contributed by atoms with E-state index in [1.165, 1.54) is 25.1 Å². The summed E-state index contributed by atoms with van der Waals surface area (Å²) in [6.07, 6.45) is 5.67. The number of anilines is 1. The molecule has 1 aromatic heterocycles. The Hall–Kier alpha value is -3.33. The van der Waals surface area contributed by atoms with Crippen LogP contribution in [-0.2, 0) is 4.79 Å². The van der Waals surface area contributed by atoms with Crippen LogP contribution >= 0.6 is 11.8 Å². The lowest BCUT2D eigenvalue weighted by molar-refractivity contribution is -0.113. The second-order valence-electron chi connectivity index (χ2n) is 8.51. The summed E-state index contributed by atoms with van der Waals surface area (Å²) in [5, 5.41) is 12.6. The van der Waals surface area contributed by atoms with Gasteiger partial charge in [-0.25, -0.2) is 0 Å². The van der Waals surface area contributed by atoms with Gasteiger partial charge in [-0.05, 0) is 62.2 Å². The highest BCUT2D eigenvalue weighted by atomic mass is 32.2. The molecule has 0 bridgehead atoms. The summed E-state index contributed by atoms with van der Waals surface area (Å²) in [5.41, 5.74) is 2.16. The van der Waals surface area contributed by atoms with E-state index in [2.05, 4.69) is 20.1 Å².